The van der Waals surface area contributed by atoms with Crippen molar-refractivity contribution in [3.8, 4) is 0 Å². The Morgan fingerprint density at radius 2 is 2.00 bits per heavy atom. The van der Waals surface area contributed by atoms with Gasteiger partial charge in [-0.2, -0.15) is 11.8 Å². The third kappa shape index (κ3) is 4.14. The first-order valence-corrected chi connectivity index (χ1v) is 9.42. The van der Waals surface area contributed by atoms with Crippen LogP contribution >= 0.6 is 11.8 Å². The quantitative estimate of drug-likeness (QED) is 0.853. The Balaban J connectivity index is 1.99. The second kappa shape index (κ2) is 6.58. The van der Waals surface area contributed by atoms with E-state index >= 15 is 0 Å². The molecule has 0 radical (unpaired) electrons. The van der Waals surface area contributed by atoms with Gasteiger partial charge in [-0.3, -0.25) is 0 Å². The molecule has 0 spiro atoms. The number of rotatable bonds is 4. The zero-order valence-electron chi connectivity index (χ0n) is 14.2. The van der Waals surface area contributed by atoms with Crippen LogP contribution in [0, 0.1) is 11.3 Å². The van der Waals surface area contributed by atoms with Crippen molar-refractivity contribution >= 4 is 11.8 Å². The largest absolute Gasteiger partial charge is 0.313 e. The monoisotopic (exact) mass is 298 g/mol. The molecule has 118 valence electrons. The Morgan fingerprint density at radius 1 is 1.25 bits per heavy atom. The lowest BCUT2D eigenvalue weighted by Crippen LogP contribution is -2.54. The summed E-state index contributed by atoms with van der Waals surface area (Å²) >= 11 is 2.14. The van der Waals surface area contributed by atoms with Crippen molar-refractivity contribution in [1.82, 2.24) is 10.2 Å². The molecule has 1 saturated heterocycles. The van der Waals surface area contributed by atoms with Crippen molar-refractivity contribution in [2.45, 2.75) is 64.7 Å². The van der Waals surface area contributed by atoms with E-state index in [1.165, 1.54) is 44.6 Å². The van der Waals surface area contributed by atoms with Gasteiger partial charge in [-0.25, -0.2) is 0 Å². The fourth-order valence-corrected chi connectivity index (χ4v) is 5.42. The van der Waals surface area contributed by atoms with Crippen LogP contribution in [0.3, 0.4) is 0 Å². The van der Waals surface area contributed by atoms with Crippen LogP contribution < -0.4 is 5.32 Å². The maximum Gasteiger partial charge on any atom is 0.0231 e. The van der Waals surface area contributed by atoms with Crippen molar-refractivity contribution in [2.24, 2.45) is 11.3 Å². The molecule has 3 heteroatoms. The zero-order chi connectivity index (χ0) is 14.8. The second-order valence-corrected chi connectivity index (χ2v) is 9.82. The lowest BCUT2D eigenvalue weighted by Gasteiger charge is -2.47. The Kier molecular flexibility index (Phi) is 5.47. The van der Waals surface area contributed by atoms with Crippen molar-refractivity contribution in [1.29, 1.82) is 0 Å². The van der Waals surface area contributed by atoms with Gasteiger partial charge in [0.2, 0.25) is 0 Å². The molecule has 1 aliphatic heterocycles. The molecule has 2 unspecified atom stereocenters. The zero-order valence-corrected chi connectivity index (χ0v) is 15.0. The molecular weight excluding hydrogens is 264 g/mol. The second-order valence-electron chi connectivity index (χ2n) is 8.02. The molecular formula is C17H34N2S. The summed E-state index contributed by atoms with van der Waals surface area (Å²) in [6.45, 7) is 16.9. The van der Waals surface area contributed by atoms with E-state index in [4.69, 9.17) is 0 Å². The average Bonchev–Trinajstić information content (AvgIpc) is 2.32. The van der Waals surface area contributed by atoms with Crippen LogP contribution in [0.25, 0.3) is 0 Å². The van der Waals surface area contributed by atoms with Gasteiger partial charge in [-0.05, 0) is 44.6 Å². The summed E-state index contributed by atoms with van der Waals surface area (Å²) in [6, 6.07) is 0.693. The van der Waals surface area contributed by atoms with Crippen LogP contribution in [0.2, 0.25) is 0 Å². The number of nitrogens with zero attached hydrogens (tertiary/aromatic N) is 1. The molecule has 2 atom stereocenters. The average molecular weight is 299 g/mol. The van der Waals surface area contributed by atoms with Gasteiger partial charge in [0.15, 0.2) is 0 Å². The Labute approximate surface area is 130 Å². The minimum atomic E-state index is 0.441. The van der Waals surface area contributed by atoms with E-state index in [1.54, 1.807) is 0 Å². The Bertz CT molecular complexity index is 314. The van der Waals surface area contributed by atoms with Crippen molar-refractivity contribution in [3.05, 3.63) is 0 Å². The Hall–Kier alpha value is 0.270. The summed E-state index contributed by atoms with van der Waals surface area (Å²) in [6.07, 6.45) is 4.19. The first kappa shape index (κ1) is 16.6. The third-order valence-corrected chi connectivity index (χ3v) is 6.43. The molecule has 2 fully saturated rings. The maximum absolute atomic E-state index is 3.80. The molecule has 0 aromatic rings. The fraction of sp³-hybridized carbons (Fsp3) is 1.00. The summed E-state index contributed by atoms with van der Waals surface area (Å²) in [4.78, 5) is 2.73. The van der Waals surface area contributed by atoms with E-state index in [-0.39, 0.29) is 0 Å². The molecule has 0 aromatic carbocycles. The molecule has 0 aromatic heterocycles. The van der Waals surface area contributed by atoms with Crippen LogP contribution in [-0.2, 0) is 0 Å². The van der Waals surface area contributed by atoms with Gasteiger partial charge in [0.05, 0.1) is 0 Å². The van der Waals surface area contributed by atoms with Crippen molar-refractivity contribution in [3.63, 3.8) is 0 Å². The van der Waals surface area contributed by atoms with Crippen LogP contribution in [-0.4, -0.2) is 47.6 Å². The summed E-state index contributed by atoms with van der Waals surface area (Å²) < 4.78 is 0.441. The van der Waals surface area contributed by atoms with Crippen LogP contribution in [0.5, 0.6) is 0 Å². The first-order valence-electron chi connectivity index (χ1n) is 8.44. The van der Waals surface area contributed by atoms with E-state index in [0.717, 1.165) is 12.5 Å². The maximum atomic E-state index is 3.80. The predicted octanol–water partition coefficient (Wildman–Crippen LogP) is 3.62. The fourth-order valence-electron chi connectivity index (χ4n) is 4.24. The lowest BCUT2D eigenvalue weighted by molar-refractivity contribution is 0.0783. The third-order valence-electron chi connectivity index (χ3n) is 5.13. The van der Waals surface area contributed by atoms with Crippen LogP contribution in [0.15, 0.2) is 0 Å². The van der Waals surface area contributed by atoms with E-state index < -0.39 is 0 Å². The smallest absolute Gasteiger partial charge is 0.0231 e. The summed E-state index contributed by atoms with van der Waals surface area (Å²) in [5.74, 6) is 2.13. The van der Waals surface area contributed by atoms with Gasteiger partial charge in [0.1, 0.15) is 0 Å². The van der Waals surface area contributed by atoms with Crippen LogP contribution in [0.4, 0.5) is 0 Å². The predicted molar refractivity (Wildman–Crippen MR) is 91.6 cm³/mol. The Morgan fingerprint density at radius 3 is 2.65 bits per heavy atom. The molecule has 1 saturated carbocycles. The van der Waals surface area contributed by atoms with E-state index in [9.17, 15) is 0 Å². The van der Waals surface area contributed by atoms with E-state index in [1.807, 2.05) is 0 Å². The van der Waals surface area contributed by atoms with Crippen molar-refractivity contribution < 1.29 is 0 Å². The molecule has 20 heavy (non-hydrogen) atoms. The van der Waals surface area contributed by atoms with Gasteiger partial charge < -0.3 is 10.2 Å². The molecule has 1 aliphatic carbocycles. The summed E-state index contributed by atoms with van der Waals surface area (Å²) in [5.41, 5.74) is 0.457. The summed E-state index contributed by atoms with van der Waals surface area (Å²) in [5, 5.41) is 3.80. The molecule has 2 aliphatic rings. The number of hydrogen-bond acceptors (Lipinski definition) is 3. The van der Waals surface area contributed by atoms with E-state index in [2.05, 4.69) is 56.6 Å². The van der Waals surface area contributed by atoms with Crippen LogP contribution in [0.1, 0.15) is 53.9 Å². The van der Waals surface area contributed by atoms with Gasteiger partial charge in [-0.1, -0.05) is 27.2 Å². The van der Waals surface area contributed by atoms with Crippen molar-refractivity contribution in [2.75, 3.05) is 31.9 Å². The molecule has 0 amide bonds. The molecule has 0 bridgehead atoms. The molecule has 2 nitrogen and oxygen atoms in total. The van der Waals surface area contributed by atoms with Gasteiger partial charge >= 0.3 is 0 Å². The standard InChI is InChI=1S/C17H34N2S/c1-6-18-15-14(8-7-9-16(15,2)3)12-19-10-11-20-17(4,5)13-19/h14-15,18H,6-13H2,1-5H3. The first-order chi connectivity index (χ1) is 9.34. The molecule has 2 rings (SSSR count). The number of thioether (sulfide) groups is 1. The van der Waals surface area contributed by atoms with Gasteiger partial charge in [0.25, 0.3) is 0 Å². The highest BCUT2D eigenvalue weighted by atomic mass is 32.2. The highest BCUT2D eigenvalue weighted by Gasteiger charge is 2.39. The van der Waals surface area contributed by atoms with E-state index in [0.29, 0.717) is 16.2 Å². The molecule has 1 heterocycles. The SMILES string of the molecule is CCNC1C(CN2CCSC(C)(C)C2)CCCC1(C)C. The minimum Gasteiger partial charge on any atom is -0.313 e. The number of nitrogens with one attached hydrogen (secondary N) is 1. The highest BCUT2D eigenvalue weighted by molar-refractivity contribution is 8.00. The highest BCUT2D eigenvalue weighted by Crippen LogP contribution is 2.40. The summed E-state index contributed by atoms with van der Waals surface area (Å²) in [7, 11) is 0. The lowest BCUT2D eigenvalue weighted by atomic mass is 9.67. The topological polar surface area (TPSA) is 15.3 Å². The van der Waals surface area contributed by atoms with Gasteiger partial charge in [0, 0.05) is 36.2 Å². The normalized spacial score (nSPS) is 34.0. The van der Waals surface area contributed by atoms with Gasteiger partial charge in [-0.15, -0.1) is 0 Å². The minimum absolute atomic E-state index is 0.441. The number of hydrogen-bond donors (Lipinski definition) is 1. The molecule has 1 N–H and O–H groups in total.